The topological polar surface area (TPSA) is 147 Å². The predicted molar refractivity (Wildman–Crippen MR) is 151 cm³/mol. The fourth-order valence-electron chi connectivity index (χ4n) is 4.56. The quantitative estimate of drug-likeness (QED) is 0.248. The Morgan fingerprint density at radius 3 is 2.13 bits per heavy atom. The Hall–Kier alpha value is -3.39. The fourth-order valence-corrected chi connectivity index (χ4v) is 4.68. The van der Waals surface area contributed by atoms with E-state index in [1.165, 1.54) is 0 Å². The zero-order valence-corrected chi connectivity index (χ0v) is 22.6. The Kier molecular flexibility index (Phi) is 11.4. The van der Waals surface area contributed by atoms with Gasteiger partial charge in [0.25, 0.3) is 0 Å². The number of nitrogens with zero attached hydrogens (tertiary/aromatic N) is 4. The number of aromatic nitrogens is 1. The van der Waals surface area contributed by atoms with E-state index in [0.29, 0.717) is 35.8 Å². The molecule has 1 aromatic heterocycles. The molecule has 4 N–H and O–H groups in total. The molecule has 0 fully saturated rings. The Morgan fingerprint density at radius 2 is 1.51 bits per heavy atom. The minimum absolute atomic E-state index is 0.207. The molecule has 39 heavy (non-hydrogen) atoms. The van der Waals surface area contributed by atoms with Gasteiger partial charge < -0.3 is 20.6 Å². The highest BCUT2D eigenvalue weighted by Gasteiger charge is 2.27. The summed E-state index contributed by atoms with van der Waals surface area (Å²) in [6.45, 7) is 2.54. The number of pyridine rings is 1. The zero-order valence-electron chi connectivity index (χ0n) is 21.8. The van der Waals surface area contributed by atoms with Crippen LogP contribution in [0.15, 0.2) is 42.5 Å². The van der Waals surface area contributed by atoms with Gasteiger partial charge in [-0.3, -0.25) is 34.1 Å². The van der Waals surface area contributed by atoms with Crippen LogP contribution in [0.3, 0.4) is 0 Å². The van der Waals surface area contributed by atoms with Crippen LogP contribution in [-0.2, 0) is 33.9 Å². The molecule has 207 valence electrons. The van der Waals surface area contributed by atoms with E-state index in [4.69, 9.17) is 12.2 Å². The lowest BCUT2D eigenvalue weighted by Crippen LogP contribution is -2.50. The van der Waals surface area contributed by atoms with Gasteiger partial charge >= 0.3 is 17.9 Å². The number of thiocarbonyl (C=S) groups is 1. The minimum atomic E-state index is -1.01. The van der Waals surface area contributed by atoms with Gasteiger partial charge in [-0.05, 0) is 36.2 Å². The lowest BCUT2D eigenvalue weighted by Gasteiger charge is -2.36. The Labute approximate surface area is 233 Å². The van der Waals surface area contributed by atoms with Gasteiger partial charge in [0.05, 0.1) is 31.0 Å². The normalized spacial score (nSPS) is 17.4. The molecule has 1 radical (unpaired) electrons. The highest BCUT2D eigenvalue weighted by Crippen LogP contribution is 2.18. The SMILES string of the molecule is C[B]C(=S)Nc1ccc(C[C@H]2CN(CC(=O)O)CCN(CC(=O)O)Cc3cccc(n3)CN2CC(=O)O)cc1. The largest absolute Gasteiger partial charge is 0.480 e. The number of anilines is 1. The maximum absolute atomic E-state index is 11.9. The number of hydrogen-bond acceptors (Lipinski definition) is 8. The van der Waals surface area contributed by atoms with Crippen molar-refractivity contribution in [1.82, 2.24) is 19.7 Å². The zero-order chi connectivity index (χ0) is 28.4. The van der Waals surface area contributed by atoms with Crippen LogP contribution < -0.4 is 5.32 Å². The molecule has 1 aliphatic heterocycles. The summed E-state index contributed by atoms with van der Waals surface area (Å²) >= 11 is 5.20. The van der Waals surface area contributed by atoms with Crippen molar-refractivity contribution in [3.63, 3.8) is 0 Å². The van der Waals surface area contributed by atoms with Crippen LogP contribution in [0.4, 0.5) is 5.69 Å². The van der Waals surface area contributed by atoms with E-state index < -0.39 is 17.9 Å². The summed E-state index contributed by atoms with van der Waals surface area (Å²) < 4.78 is 0. The fraction of sp³-hybridized carbons (Fsp3) is 0.423. The van der Waals surface area contributed by atoms with Crippen LogP contribution in [0.2, 0.25) is 6.82 Å². The highest BCUT2D eigenvalue weighted by molar-refractivity contribution is 7.83. The second kappa shape index (κ2) is 14.7. The molecular weight excluding hydrogens is 521 g/mol. The van der Waals surface area contributed by atoms with Crippen molar-refractivity contribution in [2.24, 2.45) is 0 Å². The number of nitrogens with one attached hydrogen (secondary N) is 1. The van der Waals surface area contributed by atoms with Crippen LogP contribution in [0.5, 0.6) is 0 Å². The second-order valence-corrected chi connectivity index (χ2v) is 9.92. The lowest BCUT2D eigenvalue weighted by atomic mass is 9.82. The molecule has 2 aromatic rings. The molecular formula is C26H33BN5O6S. The number of aliphatic carboxylic acids is 3. The first-order valence-electron chi connectivity index (χ1n) is 12.6. The van der Waals surface area contributed by atoms with Gasteiger partial charge in [0.1, 0.15) is 0 Å². The van der Waals surface area contributed by atoms with E-state index in [9.17, 15) is 29.7 Å². The maximum atomic E-state index is 11.9. The summed E-state index contributed by atoms with van der Waals surface area (Å²) in [5.74, 6) is -2.99. The molecule has 2 heterocycles. The first-order chi connectivity index (χ1) is 18.6. The third-order valence-corrected chi connectivity index (χ3v) is 6.68. The summed E-state index contributed by atoms with van der Waals surface area (Å²) in [5, 5.41) is 31.8. The summed E-state index contributed by atoms with van der Waals surface area (Å²) in [4.78, 5) is 45.6. The highest BCUT2D eigenvalue weighted by atomic mass is 32.1. The molecule has 11 nitrogen and oxygen atoms in total. The number of carboxylic acids is 3. The summed E-state index contributed by atoms with van der Waals surface area (Å²) in [5.41, 5.74) is 3.10. The first kappa shape index (κ1) is 30.2. The number of carbonyl (C=O) groups is 3. The lowest BCUT2D eigenvalue weighted by molar-refractivity contribution is -0.141. The Morgan fingerprint density at radius 1 is 0.923 bits per heavy atom. The predicted octanol–water partition coefficient (Wildman–Crippen LogP) is 1.32. The van der Waals surface area contributed by atoms with Crippen molar-refractivity contribution in [3.8, 4) is 0 Å². The summed E-state index contributed by atoms with van der Waals surface area (Å²) in [6, 6.07) is 12.7. The number of rotatable bonds is 10. The van der Waals surface area contributed by atoms with E-state index in [0.717, 1.165) is 11.3 Å². The van der Waals surface area contributed by atoms with E-state index in [1.54, 1.807) is 23.1 Å². The smallest absolute Gasteiger partial charge is 0.317 e. The average molecular weight is 554 g/mol. The van der Waals surface area contributed by atoms with Gasteiger partial charge in [-0.15, -0.1) is 0 Å². The third kappa shape index (κ3) is 10.4. The van der Waals surface area contributed by atoms with Crippen LogP contribution in [0.25, 0.3) is 0 Å². The first-order valence-corrected chi connectivity index (χ1v) is 13.0. The van der Waals surface area contributed by atoms with Crippen molar-refractivity contribution in [2.75, 3.05) is 44.6 Å². The number of fused-ring (bicyclic) bond motifs is 2. The van der Waals surface area contributed by atoms with Crippen LogP contribution >= 0.6 is 12.2 Å². The van der Waals surface area contributed by atoms with Gasteiger partial charge in [-0.1, -0.05) is 37.2 Å². The molecule has 13 heteroatoms. The molecule has 0 aliphatic carbocycles. The Bertz CT molecular complexity index is 1170. The van der Waals surface area contributed by atoms with Gasteiger partial charge in [0.15, 0.2) is 7.28 Å². The summed E-state index contributed by atoms with van der Waals surface area (Å²) in [6.07, 6.45) is 0.465. The third-order valence-electron chi connectivity index (χ3n) is 6.34. The van der Waals surface area contributed by atoms with Crippen molar-refractivity contribution in [2.45, 2.75) is 32.4 Å². The van der Waals surface area contributed by atoms with Gasteiger partial charge in [-0.25, -0.2) is 0 Å². The van der Waals surface area contributed by atoms with E-state index in [1.807, 2.05) is 48.1 Å². The van der Waals surface area contributed by atoms with Gasteiger partial charge in [0.2, 0.25) is 0 Å². The monoisotopic (exact) mass is 554 g/mol. The molecule has 0 amide bonds. The number of carboxylic acid groups (broad SMARTS) is 3. The van der Waals surface area contributed by atoms with Crippen molar-refractivity contribution in [1.29, 1.82) is 0 Å². The number of benzene rings is 1. The Balaban J connectivity index is 1.95. The van der Waals surface area contributed by atoms with Gasteiger partial charge in [-0.2, -0.15) is 0 Å². The molecule has 0 saturated heterocycles. The van der Waals surface area contributed by atoms with E-state index in [-0.39, 0.29) is 45.3 Å². The van der Waals surface area contributed by atoms with E-state index in [2.05, 4.69) is 10.3 Å². The second-order valence-electron chi connectivity index (χ2n) is 9.49. The molecule has 0 unspecified atom stereocenters. The van der Waals surface area contributed by atoms with Crippen molar-refractivity contribution < 1.29 is 29.7 Å². The van der Waals surface area contributed by atoms with Crippen molar-refractivity contribution in [3.05, 3.63) is 59.4 Å². The molecule has 1 aliphatic rings. The van der Waals surface area contributed by atoms with Crippen molar-refractivity contribution >= 4 is 48.0 Å². The molecule has 0 spiro atoms. The average Bonchev–Trinajstić information content (AvgIpc) is 2.86. The van der Waals surface area contributed by atoms with Crippen LogP contribution in [0.1, 0.15) is 17.0 Å². The van der Waals surface area contributed by atoms with E-state index >= 15 is 0 Å². The molecule has 2 bridgehead atoms. The maximum Gasteiger partial charge on any atom is 0.317 e. The molecule has 1 aromatic carbocycles. The molecule has 0 saturated carbocycles. The molecule has 3 rings (SSSR count). The van der Waals surface area contributed by atoms with Crippen LogP contribution in [0, 0.1) is 0 Å². The van der Waals surface area contributed by atoms with Gasteiger partial charge in [0, 0.05) is 49.3 Å². The standard InChI is InChI=1S/C26H33BN5O6S/c1-27-26(39)29-19-7-5-18(6-8-19)11-22-14-31(16-24(35)36)10-9-30(15-23(33)34)12-20-3-2-4-21(28-20)13-32(22)17-25(37)38/h2-8,22H,9-17H2,1H3,(H,29,39)(H,33,34)(H,35,36)(H,37,38)/t22-/m0/s1. The molecule has 1 atom stereocenters. The number of hydrogen-bond donors (Lipinski definition) is 4. The minimum Gasteiger partial charge on any atom is -0.480 e. The summed E-state index contributed by atoms with van der Waals surface area (Å²) in [7, 11) is 1.79. The van der Waals surface area contributed by atoms with Crippen LogP contribution in [-0.4, -0.2) is 110 Å².